The summed E-state index contributed by atoms with van der Waals surface area (Å²) < 4.78 is 0. The molecule has 0 unspecified atom stereocenters. The molecule has 1 aromatic rings. The number of benzene rings is 1. The fraction of sp³-hybridized carbons (Fsp3) is 0. The zero-order chi connectivity index (χ0) is 12.5. The minimum Gasteiger partial charge on any atom is -1.00 e. The van der Waals surface area contributed by atoms with Crippen molar-refractivity contribution in [3.05, 3.63) is 28.8 Å². The van der Waals surface area contributed by atoms with E-state index in [0.717, 1.165) is 12.1 Å². The summed E-state index contributed by atoms with van der Waals surface area (Å²) in [5.74, 6) is -5.82. The first-order chi connectivity index (χ1) is 7.36. The summed E-state index contributed by atoms with van der Waals surface area (Å²) in [6.07, 6.45) is 0. The Labute approximate surface area is 113 Å². The standard InChI is InChI=1S/C9H6O7.Mg.2H/c10-4-2-1-3(7(11)12)5(8(13)14)6(4)9(15)16;;;/h1-2,10H,(H,11,12)(H,13,14)(H,15,16);;;/q;+2;2*-1. The normalized spacial score (nSPS) is 9.18. The summed E-state index contributed by atoms with van der Waals surface area (Å²) >= 11 is 0. The predicted molar refractivity (Wildman–Crippen MR) is 57.0 cm³/mol. The number of carboxylic acids is 3. The van der Waals surface area contributed by atoms with E-state index in [1.165, 1.54) is 0 Å². The first-order valence-electron chi connectivity index (χ1n) is 3.92. The second kappa shape index (κ2) is 5.50. The third-order valence-electron chi connectivity index (χ3n) is 1.84. The van der Waals surface area contributed by atoms with E-state index >= 15 is 0 Å². The summed E-state index contributed by atoms with van der Waals surface area (Å²) in [6.45, 7) is 0. The maximum Gasteiger partial charge on any atom is 2.00 e. The molecule has 0 aliphatic heterocycles. The number of carboxylic acid groups (broad SMARTS) is 3. The number of rotatable bonds is 3. The molecule has 17 heavy (non-hydrogen) atoms. The summed E-state index contributed by atoms with van der Waals surface area (Å²) in [4.78, 5) is 32.1. The molecule has 0 heterocycles. The van der Waals surface area contributed by atoms with Crippen molar-refractivity contribution >= 4 is 41.0 Å². The van der Waals surface area contributed by atoms with Gasteiger partial charge in [-0.15, -0.1) is 0 Å². The van der Waals surface area contributed by atoms with E-state index in [1.54, 1.807) is 0 Å². The Balaban J connectivity index is -0.000000853. The molecule has 0 saturated heterocycles. The third-order valence-corrected chi connectivity index (χ3v) is 1.84. The van der Waals surface area contributed by atoms with Gasteiger partial charge in [0.1, 0.15) is 11.3 Å². The molecule has 0 fully saturated rings. The fourth-order valence-electron chi connectivity index (χ4n) is 1.21. The van der Waals surface area contributed by atoms with Gasteiger partial charge in [0.25, 0.3) is 0 Å². The molecule has 0 bridgehead atoms. The fourth-order valence-corrected chi connectivity index (χ4v) is 1.21. The molecule has 88 valence electrons. The number of hydrogen-bond acceptors (Lipinski definition) is 4. The Morgan fingerprint density at radius 2 is 1.35 bits per heavy atom. The first kappa shape index (κ1) is 15.2. The average molecular weight is 252 g/mol. The van der Waals surface area contributed by atoms with Crippen molar-refractivity contribution in [2.75, 3.05) is 0 Å². The number of aromatic hydroxyl groups is 1. The minimum atomic E-state index is -1.73. The number of hydrogen-bond donors (Lipinski definition) is 4. The molecule has 0 atom stereocenters. The molecule has 0 aliphatic carbocycles. The predicted octanol–water partition coefficient (Wildman–Crippen LogP) is 0.331. The quantitative estimate of drug-likeness (QED) is 0.570. The van der Waals surface area contributed by atoms with Gasteiger partial charge in [0, 0.05) is 0 Å². The number of carbonyl (C=O) groups is 3. The van der Waals surface area contributed by atoms with E-state index in [-0.39, 0.29) is 25.9 Å². The Morgan fingerprint density at radius 3 is 1.71 bits per heavy atom. The van der Waals surface area contributed by atoms with Crippen molar-refractivity contribution in [2.24, 2.45) is 0 Å². The zero-order valence-electron chi connectivity index (χ0n) is 10.4. The van der Waals surface area contributed by atoms with E-state index in [9.17, 15) is 19.5 Å². The van der Waals surface area contributed by atoms with Gasteiger partial charge in [-0.2, -0.15) is 0 Å². The smallest absolute Gasteiger partial charge is 1.00 e. The van der Waals surface area contributed by atoms with Crippen LogP contribution in [0.25, 0.3) is 0 Å². The van der Waals surface area contributed by atoms with Crippen LogP contribution < -0.4 is 0 Å². The summed E-state index contributed by atoms with van der Waals surface area (Å²) in [7, 11) is 0. The summed E-state index contributed by atoms with van der Waals surface area (Å²) in [6, 6.07) is 1.65. The van der Waals surface area contributed by atoms with Crippen LogP contribution in [0.5, 0.6) is 5.75 Å². The van der Waals surface area contributed by atoms with Crippen molar-refractivity contribution in [3.8, 4) is 5.75 Å². The Kier molecular flexibility index (Phi) is 4.92. The summed E-state index contributed by atoms with van der Waals surface area (Å²) in [5, 5.41) is 35.3. The van der Waals surface area contributed by atoms with Crippen molar-refractivity contribution in [1.29, 1.82) is 0 Å². The van der Waals surface area contributed by atoms with Crippen LogP contribution in [0.3, 0.4) is 0 Å². The molecule has 0 amide bonds. The molecule has 1 rings (SSSR count). The van der Waals surface area contributed by atoms with Crippen molar-refractivity contribution < 1.29 is 37.7 Å². The topological polar surface area (TPSA) is 132 Å². The molecule has 0 spiro atoms. The van der Waals surface area contributed by atoms with Gasteiger partial charge in [-0.05, 0) is 12.1 Å². The number of aromatic carboxylic acids is 3. The van der Waals surface area contributed by atoms with Crippen molar-refractivity contribution in [2.45, 2.75) is 0 Å². The zero-order valence-corrected chi connectivity index (χ0v) is 9.79. The van der Waals surface area contributed by atoms with Gasteiger partial charge in [0.05, 0.1) is 11.1 Å². The Hall–Kier alpha value is -1.80. The van der Waals surface area contributed by atoms with Crippen LogP contribution in [-0.4, -0.2) is 61.4 Å². The first-order valence-corrected chi connectivity index (χ1v) is 3.92. The average Bonchev–Trinajstić information content (AvgIpc) is 2.15. The van der Waals surface area contributed by atoms with Gasteiger partial charge in [0.2, 0.25) is 0 Å². The molecule has 4 N–H and O–H groups in total. The van der Waals surface area contributed by atoms with Crippen LogP contribution in [0.2, 0.25) is 0 Å². The van der Waals surface area contributed by atoms with Gasteiger partial charge < -0.3 is 23.3 Å². The van der Waals surface area contributed by atoms with E-state index in [2.05, 4.69) is 0 Å². The van der Waals surface area contributed by atoms with Gasteiger partial charge in [-0.3, -0.25) is 0 Å². The largest absolute Gasteiger partial charge is 2.00 e. The molecular weight excluding hydrogens is 244 g/mol. The molecule has 0 aromatic heterocycles. The molecule has 0 saturated carbocycles. The van der Waals surface area contributed by atoms with Crippen LogP contribution in [-0.2, 0) is 0 Å². The van der Waals surface area contributed by atoms with E-state index < -0.39 is 40.3 Å². The Morgan fingerprint density at radius 1 is 0.882 bits per heavy atom. The van der Waals surface area contributed by atoms with Gasteiger partial charge >= 0.3 is 41.0 Å². The van der Waals surface area contributed by atoms with Crippen LogP contribution in [0.15, 0.2) is 12.1 Å². The van der Waals surface area contributed by atoms with Crippen LogP contribution in [0.1, 0.15) is 33.9 Å². The molecule has 1 aromatic carbocycles. The van der Waals surface area contributed by atoms with Gasteiger partial charge in [-0.1, -0.05) is 0 Å². The van der Waals surface area contributed by atoms with Gasteiger partial charge in [-0.25, -0.2) is 14.4 Å². The van der Waals surface area contributed by atoms with Crippen LogP contribution >= 0.6 is 0 Å². The maximum atomic E-state index is 10.8. The second-order valence-electron chi connectivity index (χ2n) is 2.80. The van der Waals surface area contributed by atoms with Crippen LogP contribution in [0, 0.1) is 0 Å². The van der Waals surface area contributed by atoms with Crippen LogP contribution in [0.4, 0.5) is 0 Å². The monoisotopic (exact) mass is 252 g/mol. The van der Waals surface area contributed by atoms with Crippen molar-refractivity contribution in [1.82, 2.24) is 0 Å². The minimum absolute atomic E-state index is 0. The summed E-state index contributed by atoms with van der Waals surface area (Å²) in [5.41, 5.74) is -2.57. The third kappa shape index (κ3) is 2.86. The SMILES string of the molecule is O=C(O)c1ccc(O)c(C(=O)O)c1C(=O)O.[H-].[H-].[Mg+2]. The molecule has 7 nitrogen and oxygen atoms in total. The van der Waals surface area contributed by atoms with E-state index in [4.69, 9.17) is 15.3 Å². The van der Waals surface area contributed by atoms with Crippen molar-refractivity contribution in [3.63, 3.8) is 0 Å². The molecule has 0 aliphatic rings. The second-order valence-corrected chi connectivity index (χ2v) is 2.80. The molecule has 8 heteroatoms. The van der Waals surface area contributed by atoms with Gasteiger partial charge in [0.15, 0.2) is 0 Å². The molecule has 0 radical (unpaired) electrons. The Bertz CT molecular complexity index is 504. The van der Waals surface area contributed by atoms with E-state index in [1.807, 2.05) is 0 Å². The number of phenols is 1. The maximum absolute atomic E-state index is 10.8. The molecular formula is C9H8MgO7. The van der Waals surface area contributed by atoms with E-state index in [0.29, 0.717) is 0 Å².